The SMILES string of the molecule is C[C@@](CCn1cnc2cc(-c3ccc(CCO)cc3F)c(F)cc2c1=O)(C(=O)CO)S(C)(=O)=O. The third kappa shape index (κ3) is 4.77. The normalized spacial score (nSPS) is 13.7. The van der Waals surface area contributed by atoms with E-state index in [1.165, 1.54) is 25.1 Å². The second-order valence-electron chi connectivity index (χ2n) is 8.21. The van der Waals surface area contributed by atoms with Crippen LogP contribution in [-0.2, 0) is 27.6 Å². The van der Waals surface area contributed by atoms with Crippen LogP contribution in [0.5, 0.6) is 0 Å². The molecule has 1 aromatic heterocycles. The van der Waals surface area contributed by atoms with Crippen LogP contribution in [-0.4, -0.2) is 58.2 Å². The summed E-state index contributed by atoms with van der Waals surface area (Å²) in [5.74, 6) is -2.44. The molecule has 0 aliphatic heterocycles. The predicted octanol–water partition coefficient (Wildman–Crippen LogP) is 1.63. The number of aliphatic hydroxyl groups excluding tert-OH is 2. The van der Waals surface area contributed by atoms with Gasteiger partial charge in [-0.3, -0.25) is 14.2 Å². The zero-order valence-corrected chi connectivity index (χ0v) is 19.4. The molecule has 8 nitrogen and oxygen atoms in total. The van der Waals surface area contributed by atoms with Crippen LogP contribution in [0.1, 0.15) is 18.9 Å². The van der Waals surface area contributed by atoms with Crippen LogP contribution in [0.3, 0.4) is 0 Å². The number of fused-ring (bicyclic) bond motifs is 1. The van der Waals surface area contributed by atoms with E-state index in [2.05, 4.69) is 4.98 Å². The highest BCUT2D eigenvalue weighted by molar-refractivity contribution is 7.92. The van der Waals surface area contributed by atoms with Gasteiger partial charge >= 0.3 is 0 Å². The number of benzene rings is 2. The molecule has 0 saturated carbocycles. The molecule has 34 heavy (non-hydrogen) atoms. The quantitative estimate of drug-likeness (QED) is 0.463. The maximum atomic E-state index is 14.9. The van der Waals surface area contributed by atoms with Crippen molar-refractivity contribution in [2.75, 3.05) is 19.5 Å². The Balaban J connectivity index is 2.00. The van der Waals surface area contributed by atoms with Crippen LogP contribution in [0.2, 0.25) is 0 Å². The maximum Gasteiger partial charge on any atom is 0.261 e. The average molecular weight is 495 g/mol. The van der Waals surface area contributed by atoms with Crippen molar-refractivity contribution in [2.24, 2.45) is 0 Å². The fourth-order valence-electron chi connectivity index (χ4n) is 3.64. The fraction of sp³-hybridized carbons (Fsp3) is 0.348. The summed E-state index contributed by atoms with van der Waals surface area (Å²) in [5, 5.41) is 18.1. The number of hydrogen-bond donors (Lipinski definition) is 2. The van der Waals surface area contributed by atoms with E-state index in [0.717, 1.165) is 23.2 Å². The highest BCUT2D eigenvalue weighted by Gasteiger charge is 2.42. The Hall–Kier alpha value is -3.02. The van der Waals surface area contributed by atoms with Gasteiger partial charge in [-0.25, -0.2) is 22.2 Å². The number of sulfone groups is 1. The first kappa shape index (κ1) is 25.6. The molecule has 0 amide bonds. The Morgan fingerprint density at radius 1 is 1.12 bits per heavy atom. The first-order valence-electron chi connectivity index (χ1n) is 10.3. The first-order valence-corrected chi connectivity index (χ1v) is 12.2. The molecular formula is C23H24F2N2O6S. The van der Waals surface area contributed by atoms with Crippen LogP contribution in [0.25, 0.3) is 22.0 Å². The first-order chi connectivity index (χ1) is 15.9. The van der Waals surface area contributed by atoms with E-state index in [0.29, 0.717) is 5.56 Å². The monoisotopic (exact) mass is 494 g/mol. The Bertz CT molecular complexity index is 1420. The van der Waals surface area contributed by atoms with Crippen molar-refractivity contribution in [1.82, 2.24) is 9.55 Å². The number of aliphatic hydroxyl groups is 2. The van der Waals surface area contributed by atoms with E-state index < -0.39 is 44.2 Å². The van der Waals surface area contributed by atoms with E-state index >= 15 is 0 Å². The molecule has 0 aliphatic carbocycles. The van der Waals surface area contributed by atoms with Crippen LogP contribution in [0.15, 0.2) is 41.5 Å². The van der Waals surface area contributed by atoms with Crippen LogP contribution < -0.4 is 5.56 Å². The van der Waals surface area contributed by atoms with Crippen molar-refractivity contribution in [3.05, 3.63) is 64.2 Å². The minimum absolute atomic E-state index is 0.0292. The molecule has 182 valence electrons. The molecule has 2 N–H and O–H groups in total. The summed E-state index contributed by atoms with van der Waals surface area (Å²) in [6.07, 6.45) is 1.96. The van der Waals surface area contributed by atoms with Gasteiger partial charge in [0.25, 0.3) is 5.56 Å². The Labute approximate surface area is 194 Å². The van der Waals surface area contributed by atoms with Gasteiger partial charge < -0.3 is 10.2 Å². The minimum Gasteiger partial charge on any atom is -0.396 e. The topological polar surface area (TPSA) is 127 Å². The lowest BCUT2D eigenvalue weighted by atomic mass is 10.00. The number of nitrogens with zero attached hydrogens (tertiary/aromatic N) is 2. The minimum atomic E-state index is -3.91. The molecule has 2 aromatic carbocycles. The van der Waals surface area contributed by atoms with Crippen molar-refractivity contribution in [3.8, 4) is 11.1 Å². The smallest absolute Gasteiger partial charge is 0.261 e. The number of halogens is 2. The molecule has 0 radical (unpaired) electrons. The molecule has 0 unspecified atom stereocenters. The summed E-state index contributed by atoms with van der Waals surface area (Å²) in [6.45, 7) is -0.176. The molecule has 0 bridgehead atoms. The third-order valence-electron chi connectivity index (χ3n) is 6.02. The highest BCUT2D eigenvalue weighted by Crippen LogP contribution is 2.29. The summed E-state index contributed by atoms with van der Waals surface area (Å²) < 4.78 is 52.9. The average Bonchev–Trinajstić information content (AvgIpc) is 2.78. The van der Waals surface area contributed by atoms with Crippen molar-refractivity contribution >= 4 is 26.5 Å². The number of aryl methyl sites for hydroxylation is 1. The number of aromatic nitrogens is 2. The number of carbonyl (C=O) groups excluding carboxylic acids is 1. The zero-order chi connectivity index (χ0) is 25.3. The fourth-order valence-corrected chi connectivity index (χ4v) is 4.58. The molecule has 0 spiro atoms. The van der Waals surface area contributed by atoms with Gasteiger partial charge in [-0.2, -0.15) is 0 Å². The van der Waals surface area contributed by atoms with Gasteiger partial charge in [-0.15, -0.1) is 0 Å². The molecule has 0 aliphatic rings. The van der Waals surface area contributed by atoms with E-state index in [4.69, 9.17) is 10.2 Å². The Morgan fingerprint density at radius 2 is 1.79 bits per heavy atom. The second-order valence-corrected chi connectivity index (χ2v) is 10.7. The van der Waals surface area contributed by atoms with Crippen molar-refractivity contribution < 1.29 is 32.2 Å². The Morgan fingerprint density at radius 3 is 2.38 bits per heavy atom. The van der Waals surface area contributed by atoms with Gasteiger partial charge in [0.05, 0.1) is 17.2 Å². The van der Waals surface area contributed by atoms with Crippen LogP contribution in [0, 0.1) is 11.6 Å². The second kappa shape index (κ2) is 9.69. The van der Waals surface area contributed by atoms with Gasteiger partial charge in [0.1, 0.15) is 23.0 Å². The molecule has 1 atom stereocenters. The van der Waals surface area contributed by atoms with Crippen molar-refractivity contribution in [2.45, 2.75) is 31.1 Å². The number of Topliss-reactive ketones (excluding diaryl/α,β-unsaturated/α-hetero) is 1. The van der Waals surface area contributed by atoms with Gasteiger partial charge in [0, 0.05) is 30.5 Å². The van der Waals surface area contributed by atoms with Gasteiger partial charge in [-0.1, -0.05) is 12.1 Å². The van der Waals surface area contributed by atoms with E-state index in [9.17, 15) is 26.8 Å². The molecule has 3 aromatic rings. The number of carbonyl (C=O) groups is 1. The number of hydrogen-bond acceptors (Lipinski definition) is 7. The zero-order valence-electron chi connectivity index (χ0n) is 18.6. The summed E-state index contributed by atoms with van der Waals surface area (Å²) in [6, 6.07) is 6.34. The molecule has 3 rings (SSSR count). The van der Waals surface area contributed by atoms with Crippen LogP contribution in [0.4, 0.5) is 8.78 Å². The highest BCUT2D eigenvalue weighted by atomic mass is 32.2. The molecular weight excluding hydrogens is 470 g/mol. The molecule has 0 saturated heterocycles. The van der Waals surface area contributed by atoms with Crippen LogP contribution >= 0.6 is 0 Å². The van der Waals surface area contributed by atoms with E-state index in [-0.39, 0.29) is 48.0 Å². The summed E-state index contributed by atoms with van der Waals surface area (Å²) >= 11 is 0. The van der Waals surface area contributed by atoms with Gasteiger partial charge in [0.2, 0.25) is 0 Å². The van der Waals surface area contributed by atoms with E-state index in [1.54, 1.807) is 6.07 Å². The maximum absolute atomic E-state index is 14.9. The molecule has 1 heterocycles. The lowest BCUT2D eigenvalue weighted by molar-refractivity contribution is -0.124. The summed E-state index contributed by atoms with van der Waals surface area (Å²) in [5.41, 5.74) is -0.135. The summed E-state index contributed by atoms with van der Waals surface area (Å²) in [7, 11) is -3.91. The lowest BCUT2D eigenvalue weighted by Gasteiger charge is -2.25. The van der Waals surface area contributed by atoms with Gasteiger partial charge in [-0.05, 0) is 43.5 Å². The molecule has 11 heteroatoms. The van der Waals surface area contributed by atoms with Gasteiger partial charge in [0.15, 0.2) is 15.6 Å². The largest absolute Gasteiger partial charge is 0.396 e. The lowest BCUT2D eigenvalue weighted by Crippen LogP contribution is -2.46. The standard InChI is InChI=1S/C23H24F2N2O6S/c1-23(21(30)12-29,34(2,32)33)6-7-27-13-26-20-11-16(19(25)10-17(20)22(27)31)15-4-3-14(5-8-28)9-18(15)24/h3-4,9-11,13,28-29H,5-8,12H2,1-2H3/t23-/m1/s1. The van der Waals surface area contributed by atoms with E-state index in [1.807, 2.05) is 0 Å². The number of ketones is 1. The van der Waals surface area contributed by atoms with Crippen molar-refractivity contribution in [3.63, 3.8) is 0 Å². The molecule has 0 fully saturated rings. The number of rotatable bonds is 9. The van der Waals surface area contributed by atoms with Crippen molar-refractivity contribution in [1.29, 1.82) is 0 Å². The third-order valence-corrected chi connectivity index (χ3v) is 8.09. The predicted molar refractivity (Wildman–Crippen MR) is 122 cm³/mol. The Kier molecular flexibility index (Phi) is 7.29. The summed E-state index contributed by atoms with van der Waals surface area (Å²) in [4.78, 5) is 29.1.